The fourth-order valence-corrected chi connectivity index (χ4v) is 3.23. The minimum absolute atomic E-state index is 0.107. The first-order chi connectivity index (χ1) is 10.6. The van der Waals surface area contributed by atoms with Gasteiger partial charge in [-0.25, -0.2) is 0 Å². The molecule has 22 heavy (non-hydrogen) atoms. The van der Waals surface area contributed by atoms with Crippen LogP contribution in [0, 0.1) is 0 Å². The molecule has 2 aliphatic rings. The van der Waals surface area contributed by atoms with Gasteiger partial charge >= 0.3 is 0 Å². The van der Waals surface area contributed by atoms with Crippen molar-refractivity contribution in [1.82, 2.24) is 10.6 Å². The van der Waals surface area contributed by atoms with Gasteiger partial charge in [0.2, 0.25) is 0 Å². The maximum Gasteiger partial charge on any atom is 0.286 e. The number of hydrogen-bond acceptors (Lipinski definition) is 3. The van der Waals surface area contributed by atoms with Crippen molar-refractivity contribution in [2.45, 2.75) is 37.6 Å². The Labute approximate surface area is 129 Å². The van der Waals surface area contributed by atoms with Gasteiger partial charge in [-0.05, 0) is 37.2 Å². The van der Waals surface area contributed by atoms with Gasteiger partial charge in [0.15, 0.2) is 5.76 Å². The van der Waals surface area contributed by atoms with Gasteiger partial charge in [0.1, 0.15) is 0 Å². The van der Waals surface area contributed by atoms with Crippen LogP contribution < -0.4 is 10.6 Å². The molecule has 1 aliphatic carbocycles. The van der Waals surface area contributed by atoms with E-state index in [4.69, 9.17) is 0 Å². The first-order valence-corrected chi connectivity index (χ1v) is 7.71. The van der Waals surface area contributed by atoms with E-state index in [9.17, 15) is 14.7 Å². The third-order valence-corrected chi connectivity index (χ3v) is 4.53. The number of aliphatic hydroxyl groups is 1. The molecule has 0 radical (unpaired) electrons. The van der Waals surface area contributed by atoms with Crippen molar-refractivity contribution < 1.29 is 14.7 Å². The van der Waals surface area contributed by atoms with Crippen LogP contribution in [0.2, 0.25) is 0 Å². The highest BCUT2D eigenvalue weighted by Gasteiger charge is 2.29. The summed E-state index contributed by atoms with van der Waals surface area (Å²) in [5, 5.41) is 14.9. The summed E-state index contributed by atoms with van der Waals surface area (Å²) in [6.45, 7) is 0.107. The van der Waals surface area contributed by atoms with E-state index in [1.54, 1.807) is 0 Å². The lowest BCUT2D eigenvalue weighted by Gasteiger charge is -2.29. The average molecular weight is 300 g/mol. The Morgan fingerprint density at radius 3 is 2.41 bits per heavy atom. The van der Waals surface area contributed by atoms with Gasteiger partial charge < -0.3 is 15.7 Å². The van der Waals surface area contributed by atoms with Gasteiger partial charge in [0.05, 0.1) is 12.1 Å². The molecule has 3 N–H and O–H groups in total. The number of aliphatic hydroxyl groups excluding tert-OH is 1. The standard InChI is InChI=1S/C17H20N2O3/c20-15-14(10-18-17(15)22)16(21)19-13-8-6-12(7-9-13)11-4-2-1-3-5-11/h1-5,12-13,20H,6-10H2,(H,18,22)(H,19,21). The van der Waals surface area contributed by atoms with E-state index in [0.717, 1.165) is 25.7 Å². The average Bonchev–Trinajstić information content (AvgIpc) is 2.88. The number of amides is 2. The Morgan fingerprint density at radius 1 is 1.14 bits per heavy atom. The fourth-order valence-electron chi connectivity index (χ4n) is 3.23. The maximum atomic E-state index is 12.1. The molecule has 0 aromatic heterocycles. The molecule has 3 rings (SSSR count). The molecule has 1 aromatic carbocycles. The second-order valence-electron chi connectivity index (χ2n) is 5.94. The summed E-state index contributed by atoms with van der Waals surface area (Å²) < 4.78 is 0. The Morgan fingerprint density at radius 2 is 1.82 bits per heavy atom. The zero-order chi connectivity index (χ0) is 15.5. The van der Waals surface area contributed by atoms with Gasteiger partial charge in [-0.1, -0.05) is 30.3 Å². The number of benzene rings is 1. The number of rotatable bonds is 3. The summed E-state index contributed by atoms with van der Waals surface area (Å²) in [5.41, 5.74) is 1.51. The Hall–Kier alpha value is -2.30. The first-order valence-electron chi connectivity index (χ1n) is 7.71. The third kappa shape index (κ3) is 2.98. The highest BCUT2D eigenvalue weighted by molar-refractivity contribution is 6.06. The summed E-state index contributed by atoms with van der Waals surface area (Å²) in [6.07, 6.45) is 3.91. The van der Waals surface area contributed by atoms with E-state index in [1.807, 2.05) is 6.07 Å². The second kappa shape index (κ2) is 6.22. The summed E-state index contributed by atoms with van der Waals surface area (Å²) in [4.78, 5) is 23.3. The maximum absolute atomic E-state index is 12.1. The largest absolute Gasteiger partial charge is 0.503 e. The minimum atomic E-state index is -0.571. The van der Waals surface area contributed by atoms with Crippen LogP contribution in [0.5, 0.6) is 0 Å². The molecule has 0 spiro atoms. The highest BCUT2D eigenvalue weighted by atomic mass is 16.3. The molecule has 0 saturated heterocycles. The molecule has 5 nitrogen and oxygen atoms in total. The summed E-state index contributed by atoms with van der Waals surface area (Å²) in [7, 11) is 0. The van der Waals surface area contributed by atoms with E-state index in [-0.39, 0.29) is 24.1 Å². The summed E-state index contributed by atoms with van der Waals surface area (Å²) in [6, 6.07) is 10.6. The van der Waals surface area contributed by atoms with E-state index >= 15 is 0 Å². The molecule has 0 bridgehead atoms. The lowest BCUT2D eigenvalue weighted by Crippen LogP contribution is -2.39. The van der Waals surface area contributed by atoms with Gasteiger partial charge in [0, 0.05) is 6.04 Å². The monoisotopic (exact) mass is 300 g/mol. The molecule has 1 heterocycles. The molecule has 1 aliphatic heterocycles. The second-order valence-corrected chi connectivity index (χ2v) is 5.94. The lowest BCUT2D eigenvalue weighted by atomic mass is 9.82. The van der Waals surface area contributed by atoms with Crippen molar-refractivity contribution in [3.05, 3.63) is 47.2 Å². The number of carbonyl (C=O) groups is 2. The molecular formula is C17H20N2O3. The normalized spacial score (nSPS) is 25.0. The SMILES string of the molecule is O=C1NCC(C(=O)NC2CCC(c3ccccc3)CC2)=C1O. The van der Waals surface area contributed by atoms with Crippen molar-refractivity contribution >= 4 is 11.8 Å². The fraction of sp³-hybridized carbons (Fsp3) is 0.412. The van der Waals surface area contributed by atoms with Crippen LogP contribution in [0.15, 0.2) is 41.7 Å². The first kappa shape index (κ1) is 14.6. The van der Waals surface area contributed by atoms with Crippen LogP contribution in [0.3, 0.4) is 0 Å². The quantitative estimate of drug-likeness (QED) is 0.796. The van der Waals surface area contributed by atoms with Crippen molar-refractivity contribution in [3.8, 4) is 0 Å². The lowest BCUT2D eigenvalue weighted by molar-refractivity contribution is -0.120. The van der Waals surface area contributed by atoms with E-state index in [2.05, 4.69) is 34.9 Å². The van der Waals surface area contributed by atoms with Crippen LogP contribution in [-0.2, 0) is 9.59 Å². The van der Waals surface area contributed by atoms with E-state index in [0.29, 0.717) is 5.92 Å². The van der Waals surface area contributed by atoms with Crippen molar-refractivity contribution in [1.29, 1.82) is 0 Å². The van der Waals surface area contributed by atoms with Crippen molar-refractivity contribution in [2.75, 3.05) is 6.54 Å². The Bertz CT molecular complexity index is 602. The molecule has 1 fully saturated rings. The van der Waals surface area contributed by atoms with Crippen molar-refractivity contribution in [3.63, 3.8) is 0 Å². The van der Waals surface area contributed by atoms with Crippen LogP contribution in [0.4, 0.5) is 0 Å². The molecule has 5 heteroatoms. The van der Waals surface area contributed by atoms with Crippen LogP contribution in [-0.4, -0.2) is 29.5 Å². The minimum Gasteiger partial charge on any atom is -0.503 e. The van der Waals surface area contributed by atoms with Gasteiger partial charge in [-0.3, -0.25) is 9.59 Å². The van der Waals surface area contributed by atoms with E-state index < -0.39 is 11.7 Å². The number of nitrogens with one attached hydrogen (secondary N) is 2. The molecule has 1 aromatic rings. The Balaban J connectivity index is 1.54. The Kier molecular flexibility index (Phi) is 4.13. The summed E-state index contributed by atoms with van der Waals surface area (Å²) >= 11 is 0. The zero-order valence-corrected chi connectivity index (χ0v) is 12.3. The van der Waals surface area contributed by atoms with Crippen LogP contribution >= 0.6 is 0 Å². The molecule has 0 atom stereocenters. The summed E-state index contributed by atoms with van der Waals surface area (Å²) in [5.74, 6) is -0.802. The van der Waals surface area contributed by atoms with E-state index in [1.165, 1.54) is 5.56 Å². The molecule has 1 saturated carbocycles. The molecule has 2 amide bonds. The van der Waals surface area contributed by atoms with Gasteiger partial charge in [-0.2, -0.15) is 0 Å². The smallest absolute Gasteiger partial charge is 0.286 e. The van der Waals surface area contributed by atoms with Crippen LogP contribution in [0.25, 0.3) is 0 Å². The van der Waals surface area contributed by atoms with Gasteiger partial charge in [0.25, 0.3) is 11.8 Å². The zero-order valence-electron chi connectivity index (χ0n) is 12.3. The predicted molar refractivity (Wildman–Crippen MR) is 82.2 cm³/mol. The third-order valence-electron chi connectivity index (χ3n) is 4.53. The number of hydrogen-bond donors (Lipinski definition) is 3. The number of carbonyl (C=O) groups excluding carboxylic acids is 2. The van der Waals surface area contributed by atoms with Gasteiger partial charge in [-0.15, -0.1) is 0 Å². The molecule has 0 unspecified atom stereocenters. The predicted octanol–water partition coefficient (Wildman–Crippen LogP) is 1.77. The molecule has 116 valence electrons. The molecular weight excluding hydrogens is 280 g/mol. The van der Waals surface area contributed by atoms with Crippen molar-refractivity contribution in [2.24, 2.45) is 0 Å². The van der Waals surface area contributed by atoms with Crippen LogP contribution in [0.1, 0.15) is 37.2 Å². The topological polar surface area (TPSA) is 78.4 Å². The highest BCUT2D eigenvalue weighted by Crippen LogP contribution is 2.32.